The summed E-state index contributed by atoms with van der Waals surface area (Å²) in [5, 5.41) is 8.77. The highest BCUT2D eigenvalue weighted by molar-refractivity contribution is 5.15. The van der Waals surface area contributed by atoms with Gasteiger partial charge in [0.05, 0.1) is 6.07 Å². The number of rotatable bonds is 0. The third-order valence-corrected chi connectivity index (χ3v) is 3.14. The predicted molar refractivity (Wildman–Crippen MR) is 38.0 cm³/mol. The Morgan fingerprint density at radius 2 is 2.20 bits per heavy atom. The summed E-state index contributed by atoms with van der Waals surface area (Å²) in [6.45, 7) is 0. The summed E-state index contributed by atoms with van der Waals surface area (Å²) in [5.74, 6) is 1.44. The van der Waals surface area contributed by atoms with E-state index in [-0.39, 0.29) is 0 Å². The zero-order chi connectivity index (χ0) is 7.19. The van der Waals surface area contributed by atoms with E-state index in [4.69, 9.17) is 11.0 Å². The van der Waals surface area contributed by atoms with Crippen molar-refractivity contribution in [2.24, 2.45) is 17.6 Å². The molecule has 0 aliphatic heterocycles. The van der Waals surface area contributed by atoms with Gasteiger partial charge in [0, 0.05) is 0 Å². The summed E-state index contributed by atoms with van der Waals surface area (Å²) < 4.78 is 0. The van der Waals surface area contributed by atoms with Crippen molar-refractivity contribution in [1.82, 2.24) is 0 Å². The molecule has 2 nitrogen and oxygen atoms in total. The average Bonchev–Trinajstić information content (AvgIpc) is 1.86. The van der Waals surface area contributed by atoms with Gasteiger partial charge >= 0.3 is 0 Å². The molecule has 1 unspecified atom stereocenters. The SMILES string of the molecule is N#CC1(N)CCC2CC1C2. The molecular formula is C8H12N2. The number of fused-ring (bicyclic) bond motifs is 2. The van der Waals surface area contributed by atoms with Crippen LogP contribution in [0.2, 0.25) is 0 Å². The highest BCUT2D eigenvalue weighted by Crippen LogP contribution is 2.49. The standard InChI is InChI=1S/C8H12N2/c9-5-8(10)2-1-6-3-7(8)4-6/h6-7H,1-4,10H2. The number of nitriles is 1. The average molecular weight is 136 g/mol. The van der Waals surface area contributed by atoms with Crippen molar-refractivity contribution >= 4 is 0 Å². The molecule has 0 heterocycles. The minimum absolute atomic E-state index is 0.450. The Kier molecular flexibility index (Phi) is 1.07. The molecule has 3 aliphatic carbocycles. The van der Waals surface area contributed by atoms with Gasteiger partial charge in [0.1, 0.15) is 5.54 Å². The van der Waals surface area contributed by atoms with Gasteiger partial charge in [-0.05, 0) is 37.5 Å². The zero-order valence-corrected chi connectivity index (χ0v) is 6.01. The lowest BCUT2D eigenvalue weighted by atomic mass is 9.57. The molecule has 3 fully saturated rings. The normalized spacial score (nSPS) is 51.2. The minimum Gasteiger partial charge on any atom is -0.313 e. The maximum atomic E-state index is 8.77. The van der Waals surface area contributed by atoms with Crippen LogP contribution in [0, 0.1) is 23.2 Å². The lowest BCUT2D eigenvalue weighted by Gasteiger charge is -2.49. The van der Waals surface area contributed by atoms with E-state index in [1.165, 1.54) is 19.3 Å². The molecule has 3 saturated carbocycles. The van der Waals surface area contributed by atoms with Crippen LogP contribution in [0.15, 0.2) is 0 Å². The van der Waals surface area contributed by atoms with Crippen LogP contribution in [0.4, 0.5) is 0 Å². The zero-order valence-electron chi connectivity index (χ0n) is 6.01. The molecule has 2 N–H and O–H groups in total. The van der Waals surface area contributed by atoms with Gasteiger partial charge in [0.2, 0.25) is 0 Å². The fourth-order valence-electron chi connectivity index (χ4n) is 2.19. The first-order valence-corrected chi connectivity index (χ1v) is 3.95. The van der Waals surface area contributed by atoms with Crippen LogP contribution in [0.5, 0.6) is 0 Å². The van der Waals surface area contributed by atoms with E-state index in [9.17, 15) is 0 Å². The Morgan fingerprint density at radius 3 is 2.50 bits per heavy atom. The first-order valence-electron chi connectivity index (χ1n) is 3.95. The Bertz CT molecular complexity index is 185. The highest BCUT2D eigenvalue weighted by atomic mass is 14.8. The maximum Gasteiger partial charge on any atom is 0.107 e. The summed E-state index contributed by atoms with van der Waals surface area (Å²) in [6, 6.07) is 2.25. The van der Waals surface area contributed by atoms with Gasteiger partial charge in [-0.3, -0.25) is 0 Å². The molecule has 10 heavy (non-hydrogen) atoms. The van der Waals surface area contributed by atoms with Crippen LogP contribution >= 0.6 is 0 Å². The molecule has 2 heteroatoms. The molecule has 0 spiro atoms. The van der Waals surface area contributed by atoms with E-state index in [0.717, 1.165) is 12.3 Å². The fraction of sp³-hybridized carbons (Fsp3) is 0.875. The number of hydrogen-bond acceptors (Lipinski definition) is 2. The van der Waals surface area contributed by atoms with Crippen molar-refractivity contribution in [3.8, 4) is 6.07 Å². The van der Waals surface area contributed by atoms with Gasteiger partial charge in [-0.15, -0.1) is 0 Å². The molecule has 0 aromatic heterocycles. The summed E-state index contributed by atoms with van der Waals surface area (Å²) in [5.41, 5.74) is 5.43. The van der Waals surface area contributed by atoms with Gasteiger partial charge in [-0.1, -0.05) is 0 Å². The van der Waals surface area contributed by atoms with E-state index in [1.807, 2.05) is 0 Å². The summed E-state index contributed by atoms with van der Waals surface area (Å²) in [4.78, 5) is 0. The van der Waals surface area contributed by atoms with E-state index < -0.39 is 5.54 Å². The smallest absolute Gasteiger partial charge is 0.107 e. The molecule has 0 saturated heterocycles. The second-order valence-corrected chi connectivity index (χ2v) is 3.73. The maximum absolute atomic E-state index is 8.77. The highest BCUT2D eigenvalue weighted by Gasteiger charge is 2.48. The molecule has 54 valence electrons. The second kappa shape index (κ2) is 1.73. The third-order valence-electron chi connectivity index (χ3n) is 3.14. The second-order valence-electron chi connectivity index (χ2n) is 3.73. The quantitative estimate of drug-likeness (QED) is 0.540. The summed E-state index contributed by atoms with van der Waals surface area (Å²) >= 11 is 0. The van der Waals surface area contributed by atoms with Gasteiger partial charge < -0.3 is 5.73 Å². The van der Waals surface area contributed by atoms with Gasteiger partial charge in [0.15, 0.2) is 0 Å². The van der Waals surface area contributed by atoms with E-state index in [2.05, 4.69) is 6.07 Å². The molecule has 0 amide bonds. The van der Waals surface area contributed by atoms with E-state index in [1.54, 1.807) is 0 Å². The molecule has 0 radical (unpaired) electrons. The monoisotopic (exact) mass is 136 g/mol. The Hall–Kier alpha value is -0.550. The van der Waals surface area contributed by atoms with Crippen molar-refractivity contribution < 1.29 is 0 Å². The summed E-state index contributed by atoms with van der Waals surface area (Å²) in [6.07, 6.45) is 4.54. The molecular weight excluding hydrogens is 124 g/mol. The van der Waals surface area contributed by atoms with Crippen LogP contribution in [-0.2, 0) is 0 Å². The Balaban J connectivity index is 2.16. The van der Waals surface area contributed by atoms with Crippen molar-refractivity contribution in [3.05, 3.63) is 0 Å². The Morgan fingerprint density at radius 1 is 1.50 bits per heavy atom. The van der Waals surface area contributed by atoms with Crippen molar-refractivity contribution in [1.29, 1.82) is 5.26 Å². The Labute approximate surface area is 61.0 Å². The largest absolute Gasteiger partial charge is 0.313 e. The van der Waals surface area contributed by atoms with Gasteiger partial charge in [-0.25, -0.2) is 0 Å². The molecule has 1 atom stereocenters. The molecule has 0 aromatic rings. The molecule has 0 aromatic carbocycles. The van der Waals surface area contributed by atoms with Crippen molar-refractivity contribution in [3.63, 3.8) is 0 Å². The lowest BCUT2D eigenvalue weighted by Crippen LogP contribution is -2.55. The first kappa shape index (κ1) is 6.18. The molecule has 3 rings (SSSR count). The minimum atomic E-state index is -0.450. The molecule has 3 aliphatic rings. The van der Waals surface area contributed by atoms with Gasteiger partial charge in [0.25, 0.3) is 0 Å². The van der Waals surface area contributed by atoms with E-state index in [0.29, 0.717) is 5.92 Å². The number of nitrogens with zero attached hydrogens (tertiary/aromatic N) is 1. The summed E-state index contributed by atoms with van der Waals surface area (Å²) in [7, 11) is 0. The fourth-order valence-corrected chi connectivity index (χ4v) is 2.19. The van der Waals surface area contributed by atoms with Crippen LogP contribution in [0.3, 0.4) is 0 Å². The van der Waals surface area contributed by atoms with Gasteiger partial charge in [-0.2, -0.15) is 5.26 Å². The third kappa shape index (κ3) is 0.615. The van der Waals surface area contributed by atoms with Crippen LogP contribution in [0.25, 0.3) is 0 Å². The van der Waals surface area contributed by atoms with Crippen molar-refractivity contribution in [2.75, 3.05) is 0 Å². The van der Waals surface area contributed by atoms with Crippen molar-refractivity contribution in [2.45, 2.75) is 31.2 Å². The lowest BCUT2D eigenvalue weighted by molar-refractivity contribution is 0.0568. The first-order chi connectivity index (χ1) is 4.74. The van der Waals surface area contributed by atoms with Crippen LogP contribution < -0.4 is 5.73 Å². The van der Waals surface area contributed by atoms with Crippen LogP contribution in [-0.4, -0.2) is 5.54 Å². The molecule has 2 bridgehead atoms. The predicted octanol–water partition coefficient (Wildman–Crippen LogP) is 1.03. The number of hydrogen-bond donors (Lipinski definition) is 1. The van der Waals surface area contributed by atoms with Crippen LogP contribution in [0.1, 0.15) is 25.7 Å². The van der Waals surface area contributed by atoms with E-state index >= 15 is 0 Å². The topological polar surface area (TPSA) is 49.8 Å². The number of nitrogens with two attached hydrogens (primary N) is 1.